The van der Waals surface area contributed by atoms with Gasteiger partial charge in [-0.25, -0.2) is 9.37 Å². The number of halogens is 1. The monoisotopic (exact) mass is 267 g/mol. The third-order valence-electron chi connectivity index (χ3n) is 3.78. The van der Waals surface area contributed by atoms with Gasteiger partial charge in [0.1, 0.15) is 11.3 Å². The summed E-state index contributed by atoms with van der Waals surface area (Å²) in [5, 5.41) is 0. The van der Waals surface area contributed by atoms with Crippen molar-refractivity contribution < 1.29 is 4.39 Å². The molecule has 0 unspecified atom stereocenters. The van der Waals surface area contributed by atoms with Crippen LogP contribution in [0.15, 0.2) is 42.5 Å². The number of rotatable bonds is 2. The summed E-state index contributed by atoms with van der Waals surface area (Å²) in [5.41, 5.74) is 8.88. The number of para-hydroxylation sites is 2. The van der Waals surface area contributed by atoms with Gasteiger partial charge in [0.05, 0.1) is 5.52 Å². The van der Waals surface area contributed by atoms with E-state index in [0.717, 1.165) is 29.7 Å². The lowest BCUT2D eigenvalue weighted by Crippen LogP contribution is -1.99. The van der Waals surface area contributed by atoms with Gasteiger partial charge in [0.2, 0.25) is 0 Å². The van der Waals surface area contributed by atoms with Crippen LogP contribution in [0, 0.1) is 5.82 Å². The smallest absolute Gasteiger partial charge is 0.151 e. The topological polar surface area (TPSA) is 43.8 Å². The first kappa shape index (κ1) is 11.5. The molecule has 1 aliphatic carbocycles. The van der Waals surface area contributed by atoms with Crippen molar-refractivity contribution in [3.63, 3.8) is 0 Å². The number of benzene rings is 2. The van der Waals surface area contributed by atoms with Gasteiger partial charge in [0.25, 0.3) is 0 Å². The Morgan fingerprint density at radius 1 is 1.10 bits per heavy atom. The lowest BCUT2D eigenvalue weighted by atomic mass is 10.1. The molecular formula is C16H14FN3. The molecule has 0 bridgehead atoms. The van der Waals surface area contributed by atoms with E-state index in [-0.39, 0.29) is 5.82 Å². The summed E-state index contributed by atoms with van der Waals surface area (Å²) in [4.78, 5) is 4.51. The summed E-state index contributed by atoms with van der Waals surface area (Å²) >= 11 is 0. The first-order valence-electron chi connectivity index (χ1n) is 6.77. The maximum atomic E-state index is 14.0. The van der Waals surface area contributed by atoms with Crippen molar-refractivity contribution in [3.05, 3.63) is 48.3 Å². The number of aromatic nitrogens is 2. The van der Waals surface area contributed by atoms with Crippen molar-refractivity contribution >= 4 is 16.7 Å². The molecule has 0 aliphatic heterocycles. The van der Waals surface area contributed by atoms with Crippen molar-refractivity contribution in [2.45, 2.75) is 18.9 Å². The Labute approximate surface area is 115 Å². The molecule has 1 saturated carbocycles. The van der Waals surface area contributed by atoms with E-state index < -0.39 is 0 Å². The predicted octanol–water partition coefficient (Wildman–Crippen LogP) is 3.76. The van der Waals surface area contributed by atoms with E-state index in [1.807, 2.05) is 30.3 Å². The van der Waals surface area contributed by atoms with Gasteiger partial charge in [0.15, 0.2) is 5.82 Å². The number of nitrogens with two attached hydrogens (primary N) is 1. The molecule has 3 nitrogen and oxygen atoms in total. The Hall–Kier alpha value is -2.36. The number of imidazole rings is 1. The van der Waals surface area contributed by atoms with E-state index in [4.69, 9.17) is 5.73 Å². The molecule has 4 rings (SSSR count). The highest BCUT2D eigenvalue weighted by Gasteiger charge is 2.29. The molecule has 1 aromatic heterocycles. The van der Waals surface area contributed by atoms with E-state index >= 15 is 0 Å². The second kappa shape index (κ2) is 4.07. The molecule has 0 saturated heterocycles. The molecule has 1 fully saturated rings. The first-order valence-corrected chi connectivity index (χ1v) is 6.77. The van der Waals surface area contributed by atoms with E-state index in [2.05, 4.69) is 9.55 Å². The minimum atomic E-state index is -0.280. The first-order chi connectivity index (χ1) is 9.75. The van der Waals surface area contributed by atoms with Crippen LogP contribution in [0.4, 0.5) is 10.1 Å². The second-order valence-electron chi connectivity index (χ2n) is 5.23. The number of fused-ring (bicyclic) bond motifs is 1. The Morgan fingerprint density at radius 3 is 2.65 bits per heavy atom. The molecule has 1 heterocycles. The van der Waals surface area contributed by atoms with Crippen LogP contribution in [-0.4, -0.2) is 9.55 Å². The molecule has 4 heteroatoms. The fourth-order valence-corrected chi connectivity index (χ4v) is 2.68. The van der Waals surface area contributed by atoms with Gasteiger partial charge in [-0.05, 0) is 37.1 Å². The van der Waals surface area contributed by atoms with E-state index in [1.165, 1.54) is 6.07 Å². The summed E-state index contributed by atoms with van der Waals surface area (Å²) in [6.07, 6.45) is 2.23. The minimum absolute atomic E-state index is 0.280. The molecule has 2 aromatic carbocycles. The quantitative estimate of drug-likeness (QED) is 0.718. The molecule has 2 N–H and O–H groups in total. The zero-order valence-corrected chi connectivity index (χ0v) is 10.9. The zero-order chi connectivity index (χ0) is 13.7. The maximum Gasteiger partial charge on any atom is 0.151 e. The molecule has 0 amide bonds. The van der Waals surface area contributed by atoms with Crippen LogP contribution in [0.25, 0.3) is 22.4 Å². The SMILES string of the molecule is Nc1ccccc1-c1nc2c(F)cccc2n1C1CC1. The summed E-state index contributed by atoms with van der Waals surface area (Å²) < 4.78 is 16.1. The number of anilines is 1. The minimum Gasteiger partial charge on any atom is -0.398 e. The fourth-order valence-electron chi connectivity index (χ4n) is 2.68. The van der Waals surface area contributed by atoms with Crippen LogP contribution in [0.1, 0.15) is 18.9 Å². The van der Waals surface area contributed by atoms with Gasteiger partial charge in [-0.2, -0.15) is 0 Å². The summed E-state index contributed by atoms with van der Waals surface area (Å²) in [5.74, 6) is 0.489. The van der Waals surface area contributed by atoms with Gasteiger partial charge in [-0.1, -0.05) is 18.2 Å². The lowest BCUT2D eigenvalue weighted by Gasteiger charge is -2.09. The molecular weight excluding hydrogens is 253 g/mol. The molecule has 0 atom stereocenters. The number of nitrogen functional groups attached to an aromatic ring is 1. The lowest BCUT2D eigenvalue weighted by molar-refractivity contribution is 0.637. The van der Waals surface area contributed by atoms with Crippen LogP contribution in [0.3, 0.4) is 0 Å². The highest BCUT2D eigenvalue weighted by molar-refractivity contribution is 5.84. The Bertz CT molecular complexity index is 803. The maximum absolute atomic E-state index is 14.0. The van der Waals surface area contributed by atoms with Gasteiger partial charge in [-0.15, -0.1) is 0 Å². The van der Waals surface area contributed by atoms with Gasteiger partial charge < -0.3 is 10.3 Å². The average Bonchev–Trinajstić information content (AvgIpc) is 3.20. The molecule has 3 aromatic rings. The van der Waals surface area contributed by atoms with Crippen LogP contribution in [0.5, 0.6) is 0 Å². The van der Waals surface area contributed by atoms with Crippen LogP contribution in [0.2, 0.25) is 0 Å². The van der Waals surface area contributed by atoms with Crippen molar-refractivity contribution in [2.75, 3.05) is 5.73 Å². The van der Waals surface area contributed by atoms with Crippen molar-refractivity contribution in [1.82, 2.24) is 9.55 Å². The Kier molecular flexibility index (Phi) is 2.33. The zero-order valence-electron chi connectivity index (χ0n) is 10.9. The molecule has 0 spiro atoms. The predicted molar refractivity (Wildman–Crippen MR) is 77.8 cm³/mol. The number of hydrogen-bond acceptors (Lipinski definition) is 2. The number of nitrogens with zero attached hydrogens (tertiary/aromatic N) is 2. The third kappa shape index (κ3) is 1.61. The standard InChI is InChI=1S/C16H14FN3/c17-12-5-3-7-14-15(12)19-16(20(14)10-8-9-10)11-4-1-2-6-13(11)18/h1-7,10H,8-9,18H2. The highest BCUT2D eigenvalue weighted by Crippen LogP contribution is 2.42. The van der Waals surface area contributed by atoms with Crippen LogP contribution < -0.4 is 5.73 Å². The van der Waals surface area contributed by atoms with E-state index in [9.17, 15) is 4.39 Å². The summed E-state index contributed by atoms with van der Waals surface area (Å²) in [6, 6.07) is 13.1. The van der Waals surface area contributed by atoms with Crippen LogP contribution in [-0.2, 0) is 0 Å². The Morgan fingerprint density at radius 2 is 1.90 bits per heavy atom. The number of hydrogen-bond donors (Lipinski definition) is 1. The van der Waals surface area contributed by atoms with Crippen molar-refractivity contribution in [1.29, 1.82) is 0 Å². The van der Waals surface area contributed by atoms with Crippen molar-refractivity contribution in [2.24, 2.45) is 0 Å². The van der Waals surface area contributed by atoms with E-state index in [0.29, 0.717) is 17.2 Å². The third-order valence-corrected chi connectivity index (χ3v) is 3.78. The second-order valence-corrected chi connectivity index (χ2v) is 5.23. The molecule has 1 aliphatic rings. The highest BCUT2D eigenvalue weighted by atomic mass is 19.1. The van der Waals surface area contributed by atoms with Gasteiger partial charge in [-0.3, -0.25) is 0 Å². The van der Waals surface area contributed by atoms with Gasteiger partial charge in [0, 0.05) is 17.3 Å². The Balaban J connectivity index is 2.06. The summed E-state index contributed by atoms with van der Waals surface area (Å²) in [7, 11) is 0. The molecule has 100 valence electrons. The van der Waals surface area contributed by atoms with Crippen molar-refractivity contribution in [3.8, 4) is 11.4 Å². The molecule has 20 heavy (non-hydrogen) atoms. The normalized spacial score (nSPS) is 14.8. The van der Waals surface area contributed by atoms with Gasteiger partial charge >= 0.3 is 0 Å². The van der Waals surface area contributed by atoms with E-state index in [1.54, 1.807) is 6.07 Å². The van der Waals surface area contributed by atoms with Crippen LogP contribution >= 0.6 is 0 Å². The largest absolute Gasteiger partial charge is 0.398 e. The summed E-state index contributed by atoms with van der Waals surface area (Å²) in [6.45, 7) is 0. The fraction of sp³-hybridized carbons (Fsp3) is 0.188. The average molecular weight is 267 g/mol. The molecule has 0 radical (unpaired) electrons.